The molecule has 5 heteroatoms. The Kier molecular flexibility index (Phi) is 4.63. The fraction of sp³-hybridized carbons (Fsp3) is 0.417. The summed E-state index contributed by atoms with van der Waals surface area (Å²) in [5, 5.41) is 0. The molecule has 0 amide bonds. The van der Waals surface area contributed by atoms with Gasteiger partial charge in [-0.05, 0) is 36.6 Å². The van der Waals surface area contributed by atoms with Crippen LogP contribution < -0.4 is 20.9 Å². The minimum absolute atomic E-state index is 0.114. The van der Waals surface area contributed by atoms with Crippen molar-refractivity contribution in [3.05, 3.63) is 23.3 Å². The quantitative estimate of drug-likeness (QED) is 0.587. The fourth-order valence-electron chi connectivity index (χ4n) is 1.60. The summed E-state index contributed by atoms with van der Waals surface area (Å²) in [6.07, 6.45) is 0.768. The lowest BCUT2D eigenvalue weighted by Crippen LogP contribution is -2.23. The second-order valence-electron chi connectivity index (χ2n) is 3.69. The van der Waals surface area contributed by atoms with Crippen molar-refractivity contribution in [2.75, 3.05) is 20.8 Å². The third-order valence-electron chi connectivity index (χ3n) is 2.52. The molecule has 0 bridgehead atoms. The molecule has 1 aromatic rings. The minimum Gasteiger partial charge on any atom is -0.493 e. The molecule has 0 aliphatic heterocycles. The Balaban J connectivity index is 2.89. The summed E-state index contributed by atoms with van der Waals surface area (Å²) >= 11 is 0. The van der Waals surface area contributed by atoms with Crippen LogP contribution in [-0.2, 0) is 6.42 Å². The second kappa shape index (κ2) is 5.98. The third-order valence-corrected chi connectivity index (χ3v) is 2.52. The number of methoxy groups -OCH3 is 2. The van der Waals surface area contributed by atoms with E-state index in [-0.39, 0.29) is 5.96 Å². The zero-order chi connectivity index (χ0) is 12.8. The number of guanidine groups is 1. The summed E-state index contributed by atoms with van der Waals surface area (Å²) in [7, 11) is 3.24. The predicted molar refractivity (Wildman–Crippen MR) is 68.7 cm³/mol. The highest BCUT2D eigenvalue weighted by atomic mass is 16.5. The number of ether oxygens (including phenoxy) is 2. The van der Waals surface area contributed by atoms with Gasteiger partial charge >= 0.3 is 0 Å². The van der Waals surface area contributed by atoms with Gasteiger partial charge in [0.1, 0.15) is 0 Å². The number of rotatable bonds is 5. The van der Waals surface area contributed by atoms with Gasteiger partial charge in [0.15, 0.2) is 17.5 Å². The maximum atomic E-state index is 5.28. The van der Waals surface area contributed by atoms with E-state index in [0.717, 1.165) is 29.0 Å². The lowest BCUT2D eigenvalue weighted by molar-refractivity contribution is 0.354. The van der Waals surface area contributed by atoms with Crippen LogP contribution in [0.5, 0.6) is 11.5 Å². The average Bonchev–Trinajstić information content (AvgIpc) is 2.30. The van der Waals surface area contributed by atoms with Gasteiger partial charge in [0.2, 0.25) is 0 Å². The molecular formula is C12H19N3O2. The molecule has 0 aliphatic rings. The Morgan fingerprint density at radius 1 is 1.18 bits per heavy atom. The van der Waals surface area contributed by atoms with E-state index in [4.69, 9.17) is 20.9 Å². The Hall–Kier alpha value is -1.91. The summed E-state index contributed by atoms with van der Waals surface area (Å²) in [5.41, 5.74) is 12.8. The highest BCUT2D eigenvalue weighted by molar-refractivity contribution is 5.75. The number of hydrogen-bond donors (Lipinski definition) is 2. The van der Waals surface area contributed by atoms with Gasteiger partial charge in [0, 0.05) is 6.54 Å². The van der Waals surface area contributed by atoms with Crippen LogP contribution in [-0.4, -0.2) is 26.7 Å². The average molecular weight is 237 g/mol. The van der Waals surface area contributed by atoms with E-state index in [1.165, 1.54) is 0 Å². The summed E-state index contributed by atoms with van der Waals surface area (Å²) in [6.45, 7) is 2.59. The zero-order valence-electron chi connectivity index (χ0n) is 10.5. The van der Waals surface area contributed by atoms with E-state index in [1.54, 1.807) is 14.2 Å². The number of aliphatic imine (C=N–C) groups is 1. The van der Waals surface area contributed by atoms with Crippen LogP contribution in [0.4, 0.5) is 0 Å². The molecule has 0 aliphatic carbocycles. The van der Waals surface area contributed by atoms with Crippen molar-refractivity contribution in [1.82, 2.24) is 0 Å². The summed E-state index contributed by atoms with van der Waals surface area (Å²) in [4.78, 5) is 3.96. The highest BCUT2D eigenvalue weighted by Crippen LogP contribution is 2.30. The van der Waals surface area contributed by atoms with Gasteiger partial charge in [-0.15, -0.1) is 0 Å². The molecular weight excluding hydrogens is 218 g/mol. The maximum Gasteiger partial charge on any atom is 0.185 e. The normalized spacial score (nSPS) is 9.82. The van der Waals surface area contributed by atoms with Gasteiger partial charge < -0.3 is 20.9 Å². The maximum absolute atomic E-state index is 5.28. The van der Waals surface area contributed by atoms with E-state index in [9.17, 15) is 0 Å². The molecule has 0 unspecified atom stereocenters. The largest absolute Gasteiger partial charge is 0.493 e. The summed E-state index contributed by atoms with van der Waals surface area (Å²) in [5.74, 6) is 1.57. The molecule has 0 spiro atoms. The number of hydrogen-bond acceptors (Lipinski definition) is 3. The topological polar surface area (TPSA) is 82.9 Å². The minimum atomic E-state index is 0.114. The van der Waals surface area contributed by atoms with Crippen molar-refractivity contribution in [2.45, 2.75) is 13.3 Å². The van der Waals surface area contributed by atoms with Gasteiger partial charge in [-0.1, -0.05) is 0 Å². The monoisotopic (exact) mass is 237 g/mol. The van der Waals surface area contributed by atoms with Crippen molar-refractivity contribution in [3.8, 4) is 11.5 Å². The first-order valence-electron chi connectivity index (χ1n) is 5.35. The molecule has 0 heterocycles. The van der Waals surface area contributed by atoms with Crippen molar-refractivity contribution >= 4 is 5.96 Å². The van der Waals surface area contributed by atoms with Crippen LogP contribution >= 0.6 is 0 Å². The lowest BCUT2D eigenvalue weighted by atomic mass is 10.0. The van der Waals surface area contributed by atoms with E-state index in [2.05, 4.69) is 4.99 Å². The molecule has 1 rings (SSSR count). The smallest absolute Gasteiger partial charge is 0.185 e. The molecule has 94 valence electrons. The Morgan fingerprint density at radius 2 is 1.76 bits per heavy atom. The molecule has 17 heavy (non-hydrogen) atoms. The third kappa shape index (κ3) is 3.55. The van der Waals surface area contributed by atoms with Gasteiger partial charge in [-0.3, -0.25) is 4.99 Å². The molecule has 0 fully saturated rings. The molecule has 4 N–H and O–H groups in total. The van der Waals surface area contributed by atoms with Crippen LogP contribution in [0, 0.1) is 6.92 Å². The molecule has 0 atom stereocenters. The van der Waals surface area contributed by atoms with Crippen LogP contribution in [0.15, 0.2) is 17.1 Å². The van der Waals surface area contributed by atoms with E-state index in [1.807, 2.05) is 19.1 Å². The van der Waals surface area contributed by atoms with Crippen molar-refractivity contribution < 1.29 is 9.47 Å². The standard InChI is InChI=1S/C12H19N3O2/c1-8-6-10(16-2)11(17-3)7-9(8)4-5-15-12(13)14/h6-7H,4-5H2,1-3H3,(H4,13,14,15). The lowest BCUT2D eigenvalue weighted by Gasteiger charge is -2.12. The molecule has 5 nitrogen and oxygen atoms in total. The molecule has 0 saturated carbocycles. The van der Waals surface area contributed by atoms with Crippen LogP contribution in [0.2, 0.25) is 0 Å². The first-order chi connectivity index (χ1) is 8.08. The van der Waals surface area contributed by atoms with Crippen LogP contribution in [0.1, 0.15) is 11.1 Å². The molecule has 0 saturated heterocycles. The van der Waals surface area contributed by atoms with Gasteiger partial charge in [0.05, 0.1) is 14.2 Å². The number of nitrogens with zero attached hydrogens (tertiary/aromatic N) is 1. The molecule has 1 aromatic carbocycles. The fourth-order valence-corrected chi connectivity index (χ4v) is 1.60. The Bertz CT molecular complexity index is 412. The van der Waals surface area contributed by atoms with Gasteiger partial charge in [-0.2, -0.15) is 0 Å². The van der Waals surface area contributed by atoms with E-state index >= 15 is 0 Å². The summed E-state index contributed by atoms with van der Waals surface area (Å²) < 4.78 is 10.5. The summed E-state index contributed by atoms with van der Waals surface area (Å²) in [6, 6.07) is 3.90. The van der Waals surface area contributed by atoms with Crippen molar-refractivity contribution in [3.63, 3.8) is 0 Å². The molecule has 0 aromatic heterocycles. The Labute approximate surface area is 101 Å². The Morgan fingerprint density at radius 3 is 2.29 bits per heavy atom. The first kappa shape index (κ1) is 13.2. The predicted octanol–water partition coefficient (Wildman–Crippen LogP) is 0.828. The first-order valence-corrected chi connectivity index (χ1v) is 5.35. The zero-order valence-corrected chi connectivity index (χ0v) is 10.5. The van der Waals surface area contributed by atoms with E-state index < -0.39 is 0 Å². The van der Waals surface area contributed by atoms with Crippen molar-refractivity contribution in [2.24, 2.45) is 16.5 Å². The van der Waals surface area contributed by atoms with Gasteiger partial charge in [-0.25, -0.2) is 0 Å². The van der Waals surface area contributed by atoms with Crippen molar-refractivity contribution in [1.29, 1.82) is 0 Å². The molecule has 0 radical (unpaired) electrons. The highest BCUT2D eigenvalue weighted by Gasteiger charge is 2.07. The number of nitrogens with two attached hydrogens (primary N) is 2. The van der Waals surface area contributed by atoms with E-state index in [0.29, 0.717) is 6.54 Å². The number of benzene rings is 1. The van der Waals surface area contributed by atoms with Crippen LogP contribution in [0.25, 0.3) is 0 Å². The number of aryl methyl sites for hydroxylation is 1. The second-order valence-corrected chi connectivity index (χ2v) is 3.69. The van der Waals surface area contributed by atoms with Gasteiger partial charge in [0.25, 0.3) is 0 Å². The van der Waals surface area contributed by atoms with Crippen LogP contribution in [0.3, 0.4) is 0 Å². The SMILES string of the molecule is COc1cc(C)c(CCN=C(N)N)cc1OC.